The minimum Gasteiger partial charge on any atom is -0.383 e. The van der Waals surface area contributed by atoms with Crippen LogP contribution in [0.3, 0.4) is 0 Å². The highest BCUT2D eigenvalue weighted by Gasteiger charge is 2.41. The van der Waals surface area contributed by atoms with Gasteiger partial charge in [0.25, 0.3) is 0 Å². The second kappa shape index (κ2) is 11.9. The number of hydrogen-bond acceptors (Lipinski definition) is 6. The van der Waals surface area contributed by atoms with Crippen molar-refractivity contribution in [2.45, 2.75) is 43.0 Å². The molecule has 0 saturated carbocycles. The zero-order valence-electron chi connectivity index (χ0n) is 23.9. The smallest absolute Gasteiger partial charge is 0.383 e. The topological polar surface area (TPSA) is 67.7 Å². The highest BCUT2D eigenvalue weighted by atomic mass is 32.2. The van der Waals surface area contributed by atoms with Gasteiger partial charge in [-0.25, -0.2) is 13.6 Å². The summed E-state index contributed by atoms with van der Waals surface area (Å²) in [6.07, 6.45) is -4.96. The number of thioether (sulfide) groups is 1. The van der Waals surface area contributed by atoms with E-state index in [1.54, 1.807) is 18.7 Å². The van der Waals surface area contributed by atoms with Gasteiger partial charge in [-0.3, -0.25) is 9.36 Å². The van der Waals surface area contributed by atoms with E-state index in [9.17, 15) is 27.2 Å². The van der Waals surface area contributed by atoms with Crippen molar-refractivity contribution in [1.82, 2.24) is 14.5 Å². The third kappa shape index (κ3) is 5.55. The number of alkyl halides is 3. The predicted molar refractivity (Wildman–Crippen MR) is 160 cm³/mol. The first-order chi connectivity index (χ1) is 20.6. The van der Waals surface area contributed by atoms with Crippen molar-refractivity contribution in [2.24, 2.45) is 0 Å². The normalized spacial score (nSPS) is 20.2. The first-order valence-corrected chi connectivity index (χ1v) is 14.5. The fourth-order valence-corrected chi connectivity index (χ4v) is 7.30. The molecule has 5 rings (SSSR count). The van der Waals surface area contributed by atoms with Crippen molar-refractivity contribution in [1.29, 1.82) is 0 Å². The van der Waals surface area contributed by atoms with Crippen LogP contribution in [-0.2, 0) is 15.7 Å². The molecule has 7 nitrogen and oxygen atoms in total. The van der Waals surface area contributed by atoms with E-state index in [2.05, 4.69) is 4.98 Å². The molecule has 0 unspecified atom stereocenters. The number of amides is 1. The molecule has 1 fully saturated rings. The molecule has 0 N–H and O–H groups in total. The summed E-state index contributed by atoms with van der Waals surface area (Å²) in [7, 11) is 18.2. The van der Waals surface area contributed by atoms with Crippen LogP contribution in [0.25, 0.3) is 22.0 Å². The number of nitrogens with zero attached hydrogens (tertiary/aromatic N) is 4. The first kappa shape index (κ1) is 32.1. The van der Waals surface area contributed by atoms with Gasteiger partial charge < -0.3 is 14.5 Å². The van der Waals surface area contributed by atoms with Gasteiger partial charge in [0.15, 0.2) is 0 Å². The highest BCUT2D eigenvalue weighted by Crippen LogP contribution is 2.50. The average molecular weight is 624 g/mol. The minimum absolute atomic E-state index is 0.0105. The molecule has 2 aromatic carbocycles. The van der Waals surface area contributed by atoms with E-state index in [1.165, 1.54) is 16.6 Å². The highest BCUT2D eigenvalue weighted by molar-refractivity contribution is 7.99. The number of benzene rings is 2. The number of aromatic nitrogens is 2. The van der Waals surface area contributed by atoms with Gasteiger partial charge in [-0.1, -0.05) is 5.47 Å². The fraction of sp³-hybridized carbons (Fsp3) is 0.393. The predicted octanol–water partition coefficient (Wildman–Crippen LogP) is 3.75. The summed E-state index contributed by atoms with van der Waals surface area (Å²) in [4.78, 5) is 34.0. The summed E-state index contributed by atoms with van der Waals surface area (Å²) >= 11 is 1.03. The number of hydrogen-bond donors (Lipinski definition) is 0. The molecule has 1 saturated heterocycles. The van der Waals surface area contributed by atoms with Gasteiger partial charge in [0.2, 0.25) is 5.91 Å². The number of ether oxygens (including phenoxy) is 1. The molecule has 2 aliphatic heterocycles. The molecule has 3 heterocycles. The van der Waals surface area contributed by atoms with Gasteiger partial charge >= 0.3 is 11.9 Å². The maximum atomic E-state index is 15.1. The Bertz CT molecular complexity index is 1740. The third-order valence-corrected chi connectivity index (χ3v) is 9.03. The van der Waals surface area contributed by atoms with E-state index >= 15 is 4.39 Å². The number of carbonyl (C=O) groups is 1. The summed E-state index contributed by atoms with van der Waals surface area (Å²) in [5.41, 5.74) is -3.04. The average Bonchev–Trinajstić information content (AvgIpc) is 2.93. The Balaban J connectivity index is 1.78. The Morgan fingerprint density at radius 1 is 1.11 bits per heavy atom. The van der Waals surface area contributed by atoms with Crippen LogP contribution in [0, 0.1) is 11.6 Å². The van der Waals surface area contributed by atoms with Gasteiger partial charge in [-0.2, -0.15) is 23.5 Å². The van der Waals surface area contributed by atoms with Crippen molar-refractivity contribution in [3.8, 4) is 11.1 Å². The standard InChI is InChI=1S/C28H24B3F5N4O3S/c1-12-8-38(9-13(2)39(12)26(41)21(29)24(30)31)25-17-7-18(28(34,35)36)20(16-5-4-14(32)6-19(16)33)23-22(17)40(27(42)37-25)15(10-43-3)11-44-23/h4-7,12-13,15H,8-11H2,1-3H3/t12-,13+,15-/m0/s1. The fourth-order valence-electron chi connectivity index (χ4n) is 5.99. The van der Waals surface area contributed by atoms with Crippen LogP contribution in [0.2, 0.25) is 0 Å². The minimum atomic E-state index is -4.96. The zero-order valence-corrected chi connectivity index (χ0v) is 24.7. The van der Waals surface area contributed by atoms with Crippen LogP contribution in [0.1, 0.15) is 25.5 Å². The van der Waals surface area contributed by atoms with E-state index in [1.807, 2.05) is 0 Å². The Kier molecular flexibility index (Phi) is 8.71. The second-order valence-electron chi connectivity index (χ2n) is 10.8. The molecular weight excluding hydrogens is 600 g/mol. The molecular formula is C28H24B3F5N4O3S. The molecule has 3 aromatic rings. The lowest BCUT2D eigenvalue weighted by Crippen LogP contribution is -2.59. The Morgan fingerprint density at radius 3 is 2.34 bits per heavy atom. The van der Waals surface area contributed by atoms with Gasteiger partial charge in [0.1, 0.15) is 25.3 Å². The molecule has 16 heteroatoms. The Labute approximate surface area is 258 Å². The van der Waals surface area contributed by atoms with E-state index in [0.29, 0.717) is 6.07 Å². The van der Waals surface area contributed by atoms with Crippen LogP contribution in [0.5, 0.6) is 0 Å². The number of anilines is 1. The molecule has 3 atom stereocenters. The van der Waals surface area contributed by atoms with E-state index < -0.39 is 64.2 Å². The van der Waals surface area contributed by atoms with Crippen LogP contribution in [-0.4, -0.2) is 88.5 Å². The molecule has 1 amide bonds. The van der Waals surface area contributed by atoms with E-state index in [4.69, 9.17) is 28.3 Å². The van der Waals surface area contributed by atoms with Crippen molar-refractivity contribution in [3.05, 3.63) is 62.8 Å². The molecule has 0 aliphatic carbocycles. The molecule has 0 bridgehead atoms. The largest absolute Gasteiger partial charge is 0.417 e. The van der Waals surface area contributed by atoms with Crippen LogP contribution in [0.15, 0.2) is 44.8 Å². The number of piperazine rings is 1. The quantitative estimate of drug-likeness (QED) is 0.245. The van der Waals surface area contributed by atoms with Gasteiger partial charge in [0, 0.05) is 65.5 Å². The summed E-state index contributed by atoms with van der Waals surface area (Å²) < 4.78 is 79.7. The summed E-state index contributed by atoms with van der Waals surface area (Å²) in [5, 5.41) is -0.331. The van der Waals surface area contributed by atoms with Crippen molar-refractivity contribution in [3.63, 3.8) is 0 Å². The maximum Gasteiger partial charge on any atom is 0.417 e. The third-order valence-electron chi connectivity index (χ3n) is 7.79. The lowest BCUT2D eigenvalue weighted by Gasteiger charge is -2.45. The monoisotopic (exact) mass is 624 g/mol. The summed E-state index contributed by atoms with van der Waals surface area (Å²) in [6.45, 7) is 3.65. The zero-order chi connectivity index (χ0) is 32.2. The number of rotatable bonds is 5. The van der Waals surface area contributed by atoms with E-state index in [0.717, 1.165) is 30.0 Å². The lowest BCUT2D eigenvalue weighted by molar-refractivity contribution is -0.137. The van der Waals surface area contributed by atoms with Crippen LogP contribution in [0.4, 0.5) is 27.8 Å². The molecule has 2 aliphatic rings. The molecule has 44 heavy (non-hydrogen) atoms. The molecule has 1 aromatic heterocycles. The number of carbonyl (C=O) groups excluding carboxylic acids is 1. The molecule has 6 radical (unpaired) electrons. The van der Waals surface area contributed by atoms with Crippen molar-refractivity contribution < 1.29 is 31.5 Å². The summed E-state index contributed by atoms with van der Waals surface area (Å²) in [6, 6.07) is 1.54. The lowest BCUT2D eigenvalue weighted by atomic mass is 9.69. The SMILES string of the molecule is [B]C([B])=C([B])C(=O)N1[C@H](C)CN(c2nc(=O)n3c4c(c(-c5ccc(F)cc5F)c(C(F)(F)F)cc24)SC[C@@H]3COC)C[C@@H]1C. The first-order valence-electron chi connectivity index (χ1n) is 13.5. The maximum absolute atomic E-state index is 15.1. The summed E-state index contributed by atoms with van der Waals surface area (Å²) in [5.74, 6) is -2.60. The number of halogens is 5. The van der Waals surface area contributed by atoms with E-state index in [-0.39, 0.29) is 57.9 Å². The number of methoxy groups -OCH3 is 1. The molecule has 0 spiro atoms. The Hall–Kier alpha value is -3.26. The Morgan fingerprint density at radius 2 is 1.77 bits per heavy atom. The van der Waals surface area contributed by atoms with Crippen LogP contribution < -0.4 is 10.6 Å². The van der Waals surface area contributed by atoms with Crippen molar-refractivity contribution in [2.75, 3.05) is 37.5 Å². The van der Waals surface area contributed by atoms with Crippen LogP contribution >= 0.6 is 11.8 Å². The van der Waals surface area contributed by atoms with Gasteiger partial charge in [-0.15, -0.1) is 11.8 Å². The second-order valence-corrected chi connectivity index (χ2v) is 11.9. The van der Waals surface area contributed by atoms with Crippen molar-refractivity contribution >= 4 is 57.9 Å². The van der Waals surface area contributed by atoms with Gasteiger partial charge in [0.05, 0.1) is 39.4 Å². The molecule has 224 valence electrons. The van der Waals surface area contributed by atoms with Gasteiger partial charge in [-0.05, 0) is 32.0 Å².